The normalized spacial score (nSPS) is 13.8. The minimum Gasteiger partial charge on any atom is -0.481 e. The van der Waals surface area contributed by atoms with Gasteiger partial charge in [-0.3, -0.25) is 24.1 Å². The van der Waals surface area contributed by atoms with Crippen LogP contribution < -0.4 is 16.0 Å². The monoisotopic (exact) mass is 580 g/mol. The van der Waals surface area contributed by atoms with E-state index in [0.29, 0.717) is 0 Å². The lowest BCUT2D eigenvalue weighted by molar-refractivity contribution is -0.138. The average molecular weight is 581 g/mol. The zero-order chi connectivity index (χ0) is 31.4. The molecule has 40 heavy (non-hydrogen) atoms. The minimum atomic E-state index is -0.833. The maximum absolute atomic E-state index is 10.6. The Kier molecular flexibility index (Phi) is 43.5. The molecule has 1 aliphatic heterocycles. The van der Waals surface area contributed by atoms with E-state index in [0.717, 1.165) is 73.1 Å². The van der Waals surface area contributed by atoms with Crippen LogP contribution in [0.5, 0.6) is 0 Å². The van der Waals surface area contributed by atoms with Gasteiger partial charge in [0.2, 0.25) is 0 Å². The topological polar surface area (TPSA) is 189 Å². The molecule has 0 spiro atoms. The lowest BCUT2D eigenvalue weighted by Crippen LogP contribution is -2.43. The Morgan fingerprint density at radius 2 is 0.775 bits per heavy atom. The van der Waals surface area contributed by atoms with Crippen molar-refractivity contribution in [2.75, 3.05) is 58.9 Å². The van der Waals surface area contributed by atoms with E-state index in [-0.39, 0.29) is 6.54 Å². The molecule has 12 heteroatoms. The molecule has 0 saturated carbocycles. The van der Waals surface area contributed by atoms with Crippen LogP contribution in [0.3, 0.4) is 0 Å². The molecule has 1 aliphatic rings. The van der Waals surface area contributed by atoms with Crippen molar-refractivity contribution in [2.24, 2.45) is 0 Å². The fourth-order valence-corrected chi connectivity index (χ4v) is 3.22. The third-order valence-corrected chi connectivity index (χ3v) is 4.98. The highest BCUT2D eigenvalue weighted by molar-refractivity contribution is 5.69. The van der Waals surface area contributed by atoms with E-state index in [2.05, 4.69) is 29.8 Å². The quantitative estimate of drug-likeness (QED) is 0.177. The summed E-state index contributed by atoms with van der Waals surface area (Å²) in [4.78, 5) is 39.6. The second-order valence-electron chi connectivity index (χ2n) is 9.31. The van der Waals surface area contributed by atoms with Gasteiger partial charge in [-0.2, -0.15) is 0 Å². The molecule has 1 rings (SSSR count). The van der Waals surface area contributed by atoms with Crippen molar-refractivity contribution in [1.82, 2.24) is 20.9 Å². The number of carboxylic acid groups (broad SMARTS) is 4. The van der Waals surface area contributed by atoms with Crippen LogP contribution in [-0.4, -0.2) is 108 Å². The number of hydrogen-bond donors (Lipinski definition) is 7. The summed E-state index contributed by atoms with van der Waals surface area (Å²) < 4.78 is 0. The van der Waals surface area contributed by atoms with Gasteiger partial charge in [0.15, 0.2) is 0 Å². The van der Waals surface area contributed by atoms with Crippen LogP contribution in [0.1, 0.15) is 98.8 Å². The van der Waals surface area contributed by atoms with E-state index < -0.39 is 23.9 Å². The summed E-state index contributed by atoms with van der Waals surface area (Å²) in [6, 6.07) is 0. The molecule has 1 heterocycles. The van der Waals surface area contributed by atoms with E-state index >= 15 is 0 Å². The third-order valence-electron chi connectivity index (χ3n) is 4.98. The molecule has 0 aromatic heterocycles. The predicted octanol–water partition coefficient (Wildman–Crippen LogP) is 3.36. The van der Waals surface area contributed by atoms with Gasteiger partial charge in [-0.1, -0.05) is 78.1 Å². The van der Waals surface area contributed by atoms with E-state index in [1.54, 1.807) is 0 Å². The maximum Gasteiger partial charge on any atom is 0.317 e. The number of nitrogens with one attached hydrogen (secondary N) is 3. The third kappa shape index (κ3) is 70.5. The molecule has 0 radical (unpaired) electrons. The van der Waals surface area contributed by atoms with Crippen LogP contribution in [0, 0.1) is 0 Å². The van der Waals surface area contributed by atoms with Gasteiger partial charge in [0.05, 0.1) is 6.54 Å². The predicted molar refractivity (Wildman–Crippen MR) is 160 cm³/mol. The molecule has 1 saturated heterocycles. The van der Waals surface area contributed by atoms with Crippen molar-refractivity contribution in [3.63, 3.8) is 0 Å². The molecule has 12 nitrogen and oxygen atoms in total. The lowest BCUT2D eigenvalue weighted by atomic mass is 10.1. The fourth-order valence-electron chi connectivity index (χ4n) is 3.22. The van der Waals surface area contributed by atoms with Crippen molar-refractivity contribution in [3.05, 3.63) is 0 Å². The molecule has 0 bridgehead atoms. The SMILES string of the molecule is CC(=O)O.CC(=O)O.CC(=O)O.CCCCCCCCCCCC.O=C(O)CN1CCNCCNCCNCC1. The van der Waals surface area contributed by atoms with Gasteiger partial charge in [0.25, 0.3) is 17.9 Å². The first-order chi connectivity index (χ1) is 18.9. The van der Waals surface area contributed by atoms with Crippen LogP contribution in [0.2, 0.25) is 0 Å². The van der Waals surface area contributed by atoms with Crippen molar-refractivity contribution in [1.29, 1.82) is 0 Å². The van der Waals surface area contributed by atoms with Gasteiger partial charge in [-0.15, -0.1) is 0 Å². The number of nitrogens with zero attached hydrogens (tertiary/aromatic N) is 1. The van der Waals surface area contributed by atoms with Crippen molar-refractivity contribution >= 4 is 23.9 Å². The lowest BCUT2D eigenvalue weighted by Gasteiger charge is -2.21. The van der Waals surface area contributed by atoms with Gasteiger partial charge in [0.1, 0.15) is 0 Å². The van der Waals surface area contributed by atoms with E-state index in [1.165, 1.54) is 64.2 Å². The Labute approximate surface area is 242 Å². The summed E-state index contributed by atoms with van der Waals surface area (Å²) in [7, 11) is 0. The van der Waals surface area contributed by atoms with Crippen LogP contribution in [0.4, 0.5) is 0 Å². The smallest absolute Gasteiger partial charge is 0.317 e. The summed E-state index contributed by atoms with van der Waals surface area (Å²) in [5.41, 5.74) is 0. The second-order valence-corrected chi connectivity index (χ2v) is 9.31. The van der Waals surface area contributed by atoms with E-state index in [4.69, 9.17) is 34.8 Å². The van der Waals surface area contributed by atoms with Crippen molar-refractivity contribution in [3.8, 4) is 0 Å². The summed E-state index contributed by atoms with van der Waals surface area (Å²) >= 11 is 0. The molecule has 0 aromatic rings. The highest BCUT2D eigenvalue weighted by Crippen LogP contribution is 2.09. The molecule has 1 fully saturated rings. The Morgan fingerprint density at radius 1 is 0.525 bits per heavy atom. The summed E-state index contributed by atoms with van der Waals surface area (Å²) in [6.45, 7) is 15.0. The molecule has 0 amide bonds. The zero-order valence-corrected chi connectivity index (χ0v) is 25.8. The van der Waals surface area contributed by atoms with Gasteiger partial charge >= 0.3 is 5.97 Å². The first kappa shape index (κ1) is 44.7. The zero-order valence-electron chi connectivity index (χ0n) is 25.8. The first-order valence-corrected chi connectivity index (χ1v) is 14.5. The minimum absolute atomic E-state index is 0.127. The molecule has 0 unspecified atom stereocenters. The van der Waals surface area contributed by atoms with Crippen LogP contribution in [0.15, 0.2) is 0 Å². The van der Waals surface area contributed by atoms with Crippen LogP contribution >= 0.6 is 0 Å². The van der Waals surface area contributed by atoms with Crippen molar-refractivity contribution < 1.29 is 39.6 Å². The molecule has 7 N–H and O–H groups in total. The van der Waals surface area contributed by atoms with Crippen molar-refractivity contribution in [2.45, 2.75) is 98.8 Å². The highest BCUT2D eigenvalue weighted by atomic mass is 16.4. The highest BCUT2D eigenvalue weighted by Gasteiger charge is 2.08. The van der Waals surface area contributed by atoms with Crippen LogP contribution in [0.25, 0.3) is 0 Å². The number of carbonyl (C=O) groups is 4. The Hall–Kier alpha value is -2.28. The second kappa shape index (κ2) is 38.9. The van der Waals surface area contributed by atoms with Crippen LogP contribution in [-0.2, 0) is 19.2 Å². The fraction of sp³-hybridized carbons (Fsp3) is 0.857. The Bertz CT molecular complexity index is 518. The number of hydrogen-bond acceptors (Lipinski definition) is 8. The molecule has 0 aliphatic carbocycles. The molecule has 0 aromatic carbocycles. The number of unbranched alkanes of at least 4 members (excludes halogenated alkanes) is 9. The van der Waals surface area contributed by atoms with Gasteiger partial charge in [-0.25, -0.2) is 0 Å². The molecular formula is C28H60N4O8. The molecule has 240 valence electrons. The molecular weight excluding hydrogens is 520 g/mol. The summed E-state index contributed by atoms with van der Waals surface area (Å²) in [6.07, 6.45) is 14.4. The first-order valence-electron chi connectivity index (χ1n) is 14.5. The van der Waals surface area contributed by atoms with Gasteiger partial charge < -0.3 is 36.4 Å². The maximum atomic E-state index is 10.6. The number of rotatable bonds is 11. The largest absolute Gasteiger partial charge is 0.481 e. The van der Waals surface area contributed by atoms with E-state index in [1.807, 2.05) is 4.90 Å². The standard InChI is InChI=1S/C12H26.C10H22N4O2.3C2H4O2/c1-3-5-7-9-11-12-10-8-6-4-2;15-10(16)9-14-7-5-12-3-1-11-2-4-13-6-8-14;3*1-2(3)4/h3-12H2,1-2H3;11-13H,1-9H2,(H,15,16);3*1H3,(H,3,4). The number of carboxylic acids is 4. The number of aliphatic carboxylic acids is 4. The Morgan fingerprint density at radius 3 is 1.02 bits per heavy atom. The average Bonchev–Trinajstić information content (AvgIpc) is 2.82. The molecule has 0 atom stereocenters. The van der Waals surface area contributed by atoms with Gasteiger partial charge in [0, 0.05) is 73.1 Å². The van der Waals surface area contributed by atoms with Gasteiger partial charge in [-0.05, 0) is 0 Å². The summed E-state index contributed by atoms with van der Waals surface area (Å²) in [5, 5.41) is 40.9. The summed E-state index contributed by atoms with van der Waals surface area (Å²) in [5.74, 6) is -3.26. The van der Waals surface area contributed by atoms with E-state index in [9.17, 15) is 4.79 Å². The Balaban J connectivity index is -0.000000236.